The maximum absolute atomic E-state index is 13.3. The van der Waals surface area contributed by atoms with Crippen LogP contribution in [0.25, 0.3) is 5.57 Å². The zero-order chi connectivity index (χ0) is 22.0. The van der Waals surface area contributed by atoms with Crippen LogP contribution in [0.1, 0.15) is 36.7 Å². The maximum atomic E-state index is 13.3. The van der Waals surface area contributed by atoms with Gasteiger partial charge in [-0.05, 0) is 53.4 Å². The summed E-state index contributed by atoms with van der Waals surface area (Å²) >= 11 is 0. The highest BCUT2D eigenvalue weighted by Gasteiger charge is 2.39. The molecule has 31 heavy (non-hydrogen) atoms. The Bertz CT molecular complexity index is 1110. The first-order chi connectivity index (χ1) is 15.0. The minimum Gasteiger partial charge on any atom is -0.497 e. The molecule has 4 rings (SSSR count). The third-order valence-corrected chi connectivity index (χ3v) is 5.29. The number of amides is 2. The average molecular weight is 416 g/mol. The van der Waals surface area contributed by atoms with Gasteiger partial charge >= 0.3 is 0 Å². The fourth-order valence-electron chi connectivity index (χ4n) is 3.52. The molecule has 0 saturated heterocycles. The van der Waals surface area contributed by atoms with Gasteiger partial charge in [-0.2, -0.15) is 0 Å². The third-order valence-electron chi connectivity index (χ3n) is 5.29. The van der Waals surface area contributed by atoms with Crippen LogP contribution in [0.3, 0.4) is 0 Å². The molecule has 1 N–H and O–H groups in total. The number of ether oxygens (including phenoxy) is 1. The molecule has 1 aromatic heterocycles. The molecule has 0 spiro atoms. The Hall–Kier alpha value is -3.80. The standard InChI is InChI=1S/C25H24N2O4/c1-16(2)17-6-10-19(11-7-17)26-23-22(18-8-12-20(30-3)13-9-18)24(28)27(25(23)29)15-21-5-4-14-31-21/h4-14,16,26H,15H2,1-3H3. The quantitative estimate of drug-likeness (QED) is 0.560. The van der Waals surface area contributed by atoms with E-state index in [0.29, 0.717) is 28.6 Å². The molecule has 1 aliphatic rings. The number of furan rings is 1. The van der Waals surface area contributed by atoms with Crippen molar-refractivity contribution in [1.82, 2.24) is 4.90 Å². The topological polar surface area (TPSA) is 71.8 Å². The second kappa shape index (κ2) is 8.52. The van der Waals surface area contributed by atoms with E-state index in [-0.39, 0.29) is 24.1 Å². The molecule has 0 fully saturated rings. The van der Waals surface area contributed by atoms with Crippen LogP contribution < -0.4 is 10.1 Å². The van der Waals surface area contributed by atoms with Gasteiger partial charge in [0.05, 0.1) is 25.5 Å². The van der Waals surface area contributed by atoms with E-state index in [4.69, 9.17) is 9.15 Å². The zero-order valence-electron chi connectivity index (χ0n) is 17.7. The molecule has 1 aliphatic heterocycles. The van der Waals surface area contributed by atoms with E-state index in [0.717, 1.165) is 5.69 Å². The number of anilines is 1. The Morgan fingerprint density at radius 1 is 0.968 bits per heavy atom. The molecule has 0 radical (unpaired) electrons. The molecular weight excluding hydrogens is 392 g/mol. The lowest BCUT2D eigenvalue weighted by Crippen LogP contribution is -2.31. The Balaban J connectivity index is 1.71. The SMILES string of the molecule is COc1ccc(C2=C(Nc3ccc(C(C)C)cc3)C(=O)N(Cc3ccco3)C2=O)cc1. The lowest BCUT2D eigenvalue weighted by Gasteiger charge is -2.14. The van der Waals surface area contributed by atoms with Crippen LogP contribution in [0.5, 0.6) is 5.75 Å². The van der Waals surface area contributed by atoms with Gasteiger partial charge in [0, 0.05) is 5.69 Å². The summed E-state index contributed by atoms with van der Waals surface area (Å²) in [5.74, 6) is 0.861. The van der Waals surface area contributed by atoms with E-state index < -0.39 is 0 Å². The highest BCUT2D eigenvalue weighted by Crippen LogP contribution is 2.32. The van der Waals surface area contributed by atoms with Crippen LogP contribution >= 0.6 is 0 Å². The van der Waals surface area contributed by atoms with Crippen molar-refractivity contribution < 1.29 is 18.7 Å². The summed E-state index contributed by atoms with van der Waals surface area (Å²) in [6.07, 6.45) is 1.52. The number of nitrogens with one attached hydrogen (secondary N) is 1. The number of hydrogen-bond acceptors (Lipinski definition) is 5. The molecule has 0 aliphatic carbocycles. The Morgan fingerprint density at radius 2 is 1.68 bits per heavy atom. The summed E-state index contributed by atoms with van der Waals surface area (Å²) < 4.78 is 10.6. The van der Waals surface area contributed by atoms with E-state index in [9.17, 15) is 9.59 Å². The first-order valence-corrected chi connectivity index (χ1v) is 10.1. The van der Waals surface area contributed by atoms with Gasteiger partial charge in [0.25, 0.3) is 11.8 Å². The van der Waals surface area contributed by atoms with Gasteiger partial charge in [-0.3, -0.25) is 14.5 Å². The van der Waals surface area contributed by atoms with E-state index >= 15 is 0 Å². The number of imide groups is 1. The highest BCUT2D eigenvalue weighted by molar-refractivity contribution is 6.36. The van der Waals surface area contributed by atoms with E-state index in [2.05, 4.69) is 19.2 Å². The van der Waals surface area contributed by atoms with Crippen LogP contribution in [0, 0.1) is 0 Å². The fourth-order valence-corrected chi connectivity index (χ4v) is 3.52. The lowest BCUT2D eigenvalue weighted by molar-refractivity contribution is -0.137. The van der Waals surface area contributed by atoms with Gasteiger partial charge in [-0.15, -0.1) is 0 Å². The van der Waals surface area contributed by atoms with Gasteiger partial charge < -0.3 is 14.5 Å². The predicted octanol–water partition coefficient (Wildman–Crippen LogP) is 4.80. The molecule has 6 nitrogen and oxygen atoms in total. The monoisotopic (exact) mass is 416 g/mol. The molecule has 6 heteroatoms. The van der Waals surface area contributed by atoms with Crippen molar-refractivity contribution in [2.24, 2.45) is 0 Å². The smallest absolute Gasteiger partial charge is 0.278 e. The summed E-state index contributed by atoms with van der Waals surface area (Å²) in [7, 11) is 1.58. The first-order valence-electron chi connectivity index (χ1n) is 10.1. The van der Waals surface area contributed by atoms with Crippen molar-refractivity contribution in [3.63, 3.8) is 0 Å². The molecule has 3 aromatic rings. The maximum Gasteiger partial charge on any atom is 0.278 e. The van der Waals surface area contributed by atoms with Gasteiger partial charge in [0.15, 0.2) is 0 Å². The van der Waals surface area contributed by atoms with Crippen LogP contribution in [0.2, 0.25) is 0 Å². The van der Waals surface area contributed by atoms with Crippen LogP contribution in [-0.4, -0.2) is 23.8 Å². The molecule has 0 bridgehead atoms. The van der Waals surface area contributed by atoms with E-state index in [1.165, 1.54) is 16.7 Å². The van der Waals surface area contributed by atoms with Crippen LogP contribution in [0.15, 0.2) is 77.0 Å². The number of carbonyl (C=O) groups is 2. The second-order valence-electron chi connectivity index (χ2n) is 7.66. The van der Waals surface area contributed by atoms with Crippen LogP contribution in [-0.2, 0) is 16.1 Å². The molecule has 2 amide bonds. The largest absolute Gasteiger partial charge is 0.497 e. The van der Waals surface area contributed by atoms with Gasteiger partial charge in [0.1, 0.15) is 17.2 Å². The number of carbonyl (C=O) groups excluding carboxylic acids is 2. The molecule has 0 saturated carbocycles. The van der Waals surface area contributed by atoms with Crippen molar-refractivity contribution in [2.45, 2.75) is 26.3 Å². The third kappa shape index (κ3) is 4.10. The summed E-state index contributed by atoms with van der Waals surface area (Å²) in [5.41, 5.74) is 3.16. The molecule has 0 atom stereocenters. The molecule has 0 unspecified atom stereocenters. The van der Waals surface area contributed by atoms with E-state index in [1.54, 1.807) is 43.5 Å². The number of benzene rings is 2. The van der Waals surface area contributed by atoms with Gasteiger partial charge in [0.2, 0.25) is 0 Å². The Morgan fingerprint density at radius 3 is 2.26 bits per heavy atom. The average Bonchev–Trinajstić information content (AvgIpc) is 3.37. The minimum absolute atomic E-state index is 0.0712. The van der Waals surface area contributed by atoms with E-state index in [1.807, 2.05) is 24.3 Å². The van der Waals surface area contributed by atoms with Gasteiger partial charge in [-0.25, -0.2) is 0 Å². The van der Waals surface area contributed by atoms with Crippen molar-refractivity contribution in [3.8, 4) is 5.75 Å². The fraction of sp³-hybridized carbons (Fsp3) is 0.200. The summed E-state index contributed by atoms with van der Waals surface area (Å²) in [6.45, 7) is 4.32. The number of methoxy groups -OCH3 is 1. The molecule has 2 aromatic carbocycles. The highest BCUT2D eigenvalue weighted by atomic mass is 16.5. The lowest BCUT2D eigenvalue weighted by atomic mass is 10.0. The van der Waals surface area contributed by atoms with Crippen LogP contribution in [0.4, 0.5) is 5.69 Å². The zero-order valence-corrected chi connectivity index (χ0v) is 17.7. The summed E-state index contributed by atoms with van der Waals surface area (Å²) in [4.78, 5) is 27.7. The minimum atomic E-state index is -0.389. The Labute approximate surface area is 181 Å². The van der Waals surface area contributed by atoms with Gasteiger partial charge in [-0.1, -0.05) is 38.1 Å². The number of hydrogen-bond donors (Lipinski definition) is 1. The van der Waals surface area contributed by atoms with Crippen molar-refractivity contribution in [3.05, 3.63) is 89.5 Å². The molecular formula is C25H24N2O4. The Kier molecular flexibility index (Phi) is 5.62. The van der Waals surface area contributed by atoms with Crippen molar-refractivity contribution >= 4 is 23.1 Å². The normalized spacial score (nSPS) is 14.0. The van der Waals surface area contributed by atoms with Crippen molar-refractivity contribution in [1.29, 1.82) is 0 Å². The predicted molar refractivity (Wildman–Crippen MR) is 118 cm³/mol. The summed E-state index contributed by atoms with van der Waals surface area (Å²) in [6, 6.07) is 18.4. The first kappa shape index (κ1) is 20.5. The molecule has 158 valence electrons. The summed E-state index contributed by atoms with van der Waals surface area (Å²) in [5, 5.41) is 3.18. The molecule has 2 heterocycles. The number of nitrogens with zero attached hydrogens (tertiary/aromatic N) is 1. The van der Waals surface area contributed by atoms with Crippen molar-refractivity contribution in [2.75, 3.05) is 12.4 Å². The second-order valence-corrected chi connectivity index (χ2v) is 7.66. The number of rotatable bonds is 7.